The van der Waals surface area contributed by atoms with E-state index in [9.17, 15) is 29.4 Å². The number of aliphatic hydroxyl groups is 2. The van der Waals surface area contributed by atoms with E-state index in [1.807, 2.05) is 0 Å². The predicted octanol–water partition coefficient (Wildman–Crippen LogP) is 1.92. The second-order valence-electron chi connectivity index (χ2n) is 12.2. The number of carbonyl (C=O) groups excluding carboxylic acids is 4. The minimum atomic E-state index is -1.25. The number of ether oxygens (including phenoxy) is 2. The van der Waals surface area contributed by atoms with Crippen molar-refractivity contribution in [2.45, 2.75) is 56.5 Å². The summed E-state index contributed by atoms with van der Waals surface area (Å²) in [6, 6.07) is 0. The fourth-order valence-electron chi connectivity index (χ4n) is 9.23. The molecule has 3 saturated carbocycles. The molecule has 0 unspecified atom stereocenters. The SMILES string of the molecule is C=C1C(=O)C2=C3[C@H](CC[C@]24C(=O)C[C@H]2C(=C)C[C@@H](O)[C@H]5C(=C)C(=O)O[C@@H]5[C@H]24)C[C@@H](O)[C@H]2C(=C)C(=O)O[C@@H]2[C@H]13. The monoisotopic (exact) mass is 518 g/mol. The zero-order chi connectivity index (χ0) is 27.0. The second-order valence-corrected chi connectivity index (χ2v) is 12.2. The van der Waals surface area contributed by atoms with Crippen LogP contribution in [0.25, 0.3) is 0 Å². The van der Waals surface area contributed by atoms with Crippen LogP contribution >= 0.6 is 0 Å². The molecule has 198 valence electrons. The van der Waals surface area contributed by atoms with Gasteiger partial charge in [0.15, 0.2) is 5.78 Å². The van der Waals surface area contributed by atoms with Gasteiger partial charge >= 0.3 is 11.9 Å². The van der Waals surface area contributed by atoms with Crippen molar-refractivity contribution in [2.24, 2.45) is 40.9 Å². The molecule has 8 nitrogen and oxygen atoms in total. The van der Waals surface area contributed by atoms with Crippen molar-refractivity contribution >= 4 is 23.5 Å². The van der Waals surface area contributed by atoms with Crippen LogP contribution in [0, 0.1) is 40.9 Å². The Balaban J connectivity index is 1.45. The number of hydrogen-bond donors (Lipinski definition) is 2. The lowest BCUT2D eigenvalue weighted by Gasteiger charge is -2.45. The quantitative estimate of drug-likeness (QED) is 0.283. The third-order valence-corrected chi connectivity index (χ3v) is 10.8. The molecule has 0 aromatic rings. The van der Waals surface area contributed by atoms with Crippen LogP contribution in [0.4, 0.5) is 0 Å². The number of Topliss-reactive ketones (excluding diaryl/α,β-unsaturated/α-hetero) is 2. The molecule has 0 amide bonds. The first-order valence-corrected chi connectivity index (χ1v) is 13.3. The van der Waals surface area contributed by atoms with Crippen LogP contribution in [0.15, 0.2) is 59.8 Å². The molecular weight excluding hydrogens is 488 g/mol. The molecule has 2 heterocycles. The van der Waals surface area contributed by atoms with E-state index in [0.717, 1.165) is 5.57 Å². The van der Waals surface area contributed by atoms with E-state index < -0.39 is 65.4 Å². The number of aliphatic hydroxyl groups excluding tert-OH is 2. The van der Waals surface area contributed by atoms with Crippen molar-refractivity contribution in [3.8, 4) is 0 Å². The van der Waals surface area contributed by atoms with Gasteiger partial charge in [-0.1, -0.05) is 31.9 Å². The lowest BCUT2D eigenvalue weighted by molar-refractivity contribution is -0.146. The summed E-state index contributed by atoms with van der Waals surface area (Å²) in [5, 5.41) is 22.2. The van der Waals surface area contributed by atoms with Gasteiger partial charge in [-0.25, -0.2) is 9.59 Å². The Hall–Kier alpha value is -3.10. The number of esters is 2. The Bertz CT molecular complexity index is 1350. The maximum absolute atomic E-state index is 14.2. The standard InChI is InChI=1S/C30H30O8/c1-10-7-16(31)20-13(4)29(36)38-27(20)23-15(10)9-18(33)30(23)6-5-14-8-17(32)19-12(3)28(35)37-26(19)21-11(2)25(34)24(30)22(14)21/h14-17,19-21,23,26-27,31-32H,1-9H2/t14-,15+,16-,17-,19-,20-,21-,23+,26+,27+,30-/m1/s1. The summed E-state index contributed by atoms with van der Waals surface area (Å²) in [5.74, 6) is -4.78. The highest BCUT2D eigenvalue weighted by molar-refractivity contribution is 6.17. The first kappa shape index (κ1) is 24.0. The van der Waals surface area contributed by atoms with Gasteiger partial charge in [-0.2, -0.15) is 0 Å². The van der Waals surface area contributed by atoms with E-state index in [1.54, 1.807) is 0 Å². The summed E-state index contributed by atoms with van der Waals surface area (Å²) < 4.78 is 11.5. The molecule has 2 saturated heterocycles. The first-order valence-electron chi connectivity index (χ1n) is 13.3. The van der Waals surface area contributed by atoms with Gasteiger partial charge in [0.05, 0.1) is 29.5 Å². The number of hydrogen-bond acceptors (Lipinski definition) is 8. The largest absolute Gasteiger partial charge is 0.458 e. The van der Waals surface area contributed by atoms with Crippen molar-refractivity contribution in [1.29, 1.82) is 0 Å². The Morgan fingerprint density at radius 1 is 0.816 bits per heavy atom. The minimum Gasteiger partial charge on any atom is -0.458 e. The molecule has 7 aliphatic rings. The van der Waals surface area contributed by atoms with Crippen LogP contribution < -0.4 is 0 Å². The molecular formula is C30H30O8. The number of rotatable bonds is 0. The van der Waals surface area contributed by atoms with Crippen molar-refractivity contribution < 1.29 is 38.9 Å². The van der Waals surface area contributed by atoms with Gasteiger partial charge in [-0.3, -0.25) is 9.59 Å². The van der Waals surface area contributed by atoms with Crippen molar-refractivity contribution in [3.63, 3.8) is 0 Å². The van der Waals surface area contributed by atoms with Gasteiger partial charge in [-0.15, -0.1) is 0 Å². The fraction of sp³-hybridized carbons (Fsp3) is 0.533. The normalized spacial score (nSPS) is 47.5. The summed E-state index contributed by atoms with van der Waals surface area (Å²) in [5.41, 5.74) is 1.17. The Kier molecular flexibility index (Phi) is 4.74. The lowest BCUT2D eigenvalue weighted by Crippen LogP contribution is -2.48. The Labute approximate surface area is 219 Å². The third kappa shape index (κ3) is 2.63. The van der Waals surface area contributed by atoms with E-state index in [-0.39, 0.29) is 53.0 Å². The first-order chi connectivity index (χ1) is 18.0. The maximum atomic E-state index is 14.2. The lowest BCUT2D eigenvalue weighted by atomic mass is 9.57. The van der Waals surface area contributed by atoms with Crippen molar-refractivity contribution in [1.82, 2.24) is 0 Å². The molecule has 2 aliphatic heterocycles. The molecule has 8 heteroatoms. The molecule has 0 aromatic carbocycles. The molecule has 11 atom stereocenters. The van der Waals surface area contributed by atoms with Gasteiger partial charge in [0, 0.05) is 40.5 Å². The van der Waals surface area contributed by atoms with E-state index in [1.165, 1.54) is 0 Å². The highest BCUT2D eigenvalue weighted by atomic mass is 16.6. The molecule has 1 spiro atoms. The fourth-order valence-corrected chi connectivity index (χ4v) is 9.23. The Morgan fingerprint density at radius 2 is 1.45 bits per heavy atom. The van der Waals surface area contributed by atoms with Crippen LogP contribution in [0.2, 0.25) is 0 Å². The van der Waals surface area contributed by atoms with Crippen molar-refractivity contribution in [2.75, 3.05) is 0 Å². The van der Waals surface area contributed by atoms with Crippen LogP contribution in [0.1, 0.15) is 32.1 Å². The van der Waals surface area contributed by atoms with Crippen LogP contribution in [0.5, 0.6) is 0 Å². The van der Waals surface area contributed by atoms with Gasteiger partial charge in [0.1, 0.15) is 18.0 Å². The average molecular weight is 519 g/mol. The molecule has 2 N–H and O–H groups in total. The van der Waals surface area contributed by atoms with Crippen LogP contribution in [0.3, 0.4) is 0 Å². The summed E-state index contributed by atoms with van der Waals surface area (Å²) in [6.07, 6.45) is -1.91. The number of allylic oxidation sites excluding steroid dienone is 1. The highest BCUT2D eigenvalue weighted by Gasteiger charge is 2.70. The topological polar surface area (TPSA) is 127 Å². The van der Waals surface area contributed by atoms with E-state index in [4.69, 9.17) is 9.47 Å². The van der Waals surface area contributed by atoms with Gasteiger partial charge in [-0.05, 0) is 43.1 Å². The zero-order valence-corrected chi connectivity index (χ0v) is 21.0. The molecule has 0 radical (unpaired) electrons. The third-order valence-electron chi connectivity index (χ3n) is 10.8. The average Bonchev–Trinajstić information content (AvgIpc) is 3.46. The molecule has 5 aliphatic carbocycles. The van der Waals surface area contributed by atoms with Gasteiger partial charge < -0.3 is 19.7 Å². The predicted molar refractivity (Wildman–Crippen MR) is 132 cm³/mol. The van der Waals surface area contributed by atoms with E-state index in [0.29, 0.717) is 30.4 Å². The Morgan fingerprint density at radius 3 is 2.13 bits per heavy atom. The van der Waals surface area contributed by atoms with Gasteiger partial charge in [0.25, 0.3) is 0 Å². The molecule has 0 aromatic heterocycles. The van der Waals surface area contributed by atoms with Gasteiger partial charge in [0.2, 0.25) is 0 Å². The van der Waals surface area contributed by atoms with Crippen molar-refractivity contribution in [3.05, 3.63) is 59.8 Å². The minimum absolute atomic E-state index is 0.103. The summed E-state index contributed by atoms with van der Waals surface area (Å²) in [7, 11) is 0. The molecule has 0 bridgehead atoms. The van der Waals surface area contributed by atoms with Crippen LogP contribution in [-0.4, -0.2) is 58.1 Å². The zero-order valence-electron chi connectivity index (χ0n) is 21.0. The van der Waals surface area contributed by atoms with E-state index >= 15 is 0 Å². The highest BCUT2D eigenvalue weighted by Crippen LogP contribution is 2.67. The number of carbonyl (C=O) groups is 4. The molecule has 38 heavy (non-hydrogen) atoms. The summed E-state index contributed by atoms with van der Waals surface area (Å²) in [4.78, 5) is 53.5. The maximum Gasteiger partial charge on any atom is 0.334 e. The van der Waals surface area contributed by atoms with Crippen LogP contribution in [-0.2, 0) is 28.7 Å². The molecule has 5 fully saturated rings. The van der Waals surface area contributed by atoms with E-state index in [2.05, 4.69) is 26.3 Å². The smallest absolute Gasteiger partial charge is 0.334 e. The second kappa shape index (κ2) is 7.51. The number of ketones is 2. The molecule has 7 rings (SSSR count). The summed E-state index contributed by atoms with van der Waals surface area (Å²) >= 11 is 0. The summed E-state index contributed by atoms with van der Waals surface area (Å²) in [6.45, 7) is 16.1. The number of fused-ring (bicyclic) bond motifs is 7.